The first kappa shape index (κ1) is 21.8. The van der Waals surface area contributed by atoms with Gasteiger partial charge in [-0.2, -0.15) is 5.26 Å². The van der Waals surface area contributed by atoms with Gasteiger partial charge in [-0.1, -0.05) is 29.8 Å². The fourth-order valence-corrected chi connectivity index (χ4v) is 3.94. The van der Waals surface area contributed by atoms with Gasteiger partial charge in [-0.05, 0) is 49.4 Å². The zero-order valence-corrected chi connectivity index (χ0v) is 17.9. The zero-order chi connectivity index (χ0) is 23.7. The molecule has 3 aromatic carbocycles. The first-order valence-corrected chi connectivity index (χ1v) is 10.1. The maximum Gasteiger partial charge on any atom is 0.300 e. The average Bonchev–Trinajstić information content (AvgIpc) is 3.09. The lowest BCUT2D eigenvalue weighted by Gasteiger charge is -2.26. The second-order valence-corrected chi connectivity index (χ2v) is 7.55. The molecule has 0 spiro atoms. The molecule has 1 aliphatic heterocycles. The van der Waals surface area contributed by atoms with Crippen molar-refractivity contribution in [1.82, 2.24) is 0 Å². The van der Waals surface area contributed by atoms with E-state index in [-0.39, 0.29) is 16.7 Å². The largest absolute Gasteiger partial charge is 0.507 e. The lowest BCUT2D eigenvalue weighted by Crippen LogP contribution is -2.29. The van der Waals surface area contributed by atoms with Crippen LogP contribution in [0, 0.1) is 24.1 Å². The van der Waals surface area contributed by atoms with Gasteiger partial charge in [-0.25, -0.2) is 4.39 Å². The fourth-order valence-electron chi connectivity index (χ4n) is 3.94. The molecule has 1 unspecified atom stereocenters. The number of methoxy groups -OCH3 is 1. The molecule has 0 radical (unpaired) electrons. The van der Waals surface area contributed by atoms with Gasteiger partial charge in [0.25, 0.3) is 11.7 Å². The number of amides is 1. The van der Waals surface area contributed by atoms with Gasteiger partial charge in [0, 0.05) is 11.3 Å². The number of hydrogen-bond donors (Lipinski definition) is 1. The Balaban J connectivity index is 2.00. The van der Waals surface area contributed by atoms with Crippen LogP contribution in [0.25, 0.3) is 5.76 Å². The summed E-state index contributed by atoms with van der Waals surface area (Å²) < 4.78 is 20.3. The van der Waals surface area contributed by atoms with E-state index in [9.17, 15) is 19.1 Å². The highest BCUT2D eigenvalue weighted by Crippen LogP contribution is 2.44. The second-order valence-electron chi connectivity index (χ2n) is 7.55. The molecule has 1 saturated heterocycles. The third-order valence-electron chi connectivity index (χ3n) is 5.53. The average molecular weight is 442 g/mol. The number of anilines is 1. The van der Waals surface area contributed by atoms with Crippen molar-refractivity contribution in [2.24, 2.45) is 0 Å². The van der Waals surface area contributed by atoms with Crippen LogP contribution in [-0.2, 0) is 9.59 Å². The molecular weight excluding hydrogens is 423 g/mol. The van der Waals surface area contributed by atoms with E-state index in [0.717, 1.165) is 10.5 Å². The Hall–Kier alpha value is -4.44. The van der Waals surface area contributed by atoms with Crippen LogP contribution in [0.3, 0.4) is 0 Å². The SMILES string of the molecule is COc1ccc(C)cc1/C(O)=C1\C(=O)C(=O)N(c2ccc(C#N)cc2)C1c1ccccc1F. The predicted octanol–water partition coefficient (Wildman–Crippen LogP) is 4.64. The van der Waals surface area contributed by atoms with Gasteiger partial charge < -0.3 is 9.84 Å². The third kappa shape index (κ3) is 3.72. The highest BCUT2D eigenvalue weighted by atomic mass is 19.1. The number of carbonyl (C=O) groups is 2. The first-order chi connectivity index (χ1) is 15.9. The van der Waals surface area contributed by atoms with Crippen molar-refractivity contribution < 1.29 is 23.8 Å². The molecule has 164 valence electrons. The number of aryl methyl sites for hydroxylation is 1. The molecule has 0 bridgehead atoms. The fraction of sp³-hybridized carbons (Fsp3) is 0.115. The van der Waals surface area contributed by atoms with E-state index in [1.54, 1.807) is 31.2 Å². The molecule has 1 aliphatic rings. The highest BCUT2D eigenvalue weighted by Gasteiger charge is 2.48. The number of ketones is 1. The van der Waals surface area contributed by atoms with Crippen molar-refractivity contribution in [1.29, 1.82) is 5.26 Å². The minimum absolute atomic E-state index is 0.0502. The number of carbonyl (C=O) groups excluding carboxylic acids is 2. The summed E-state index contributed by atoms with van der Waals surface area (Å²) in [5.74, 6) is -2.66. The molecule has 0 saturated carbocycles. The topological polar surface area (TPSA) is 90.6 Å². The van der Waals surface area contributed by atoms with Gasteiger partial charge in [0.05, 0.1) is 35.9 Å². The number of nitriles is 1. The molecular formula is C26H19FN2O4. The number of ether oxygens (including phenoxy) is 1. The highest BCUT2D eigenvalue weighted by molar-refractivity contribution is 6.51. The van der Waals surface area contributed by atoms with E-state index in [1.165, 1.54) is 49.6 Å². The number of Topliss-reactive ketones (excluding diaryl/α,β-unsaturated/α-hetero) is 1. The molecule has 1 heterocycles. The van der Waals surface area contributed by atoms with Crippen LogP contribution in [0.1, 0.15) is 28.3 Å². The first-order valence-electron chi connectivity index (χ1n) is 10.1. The summed E-state index contributed by atoms with van der Waals surface area (Å²) in [7, 11) is 1.42. The van der Waals surface area contributed by atoms with Crippen molar-refractivity contribution in [2.45, 2.75) is 13.0 Å². The number of aliphatic hydroxyl groups excluding tert-OH is 1. The van der Waals surface area contributed by atoms with Crippen LogP contribution in [-0.4, -0.2) is 23.9 Å². The van der Waals surface area contributed by atoms with Crippen molar-refractivity contribution in [3.8, 4) is 11.8 Å². The van der Waals surface area contributed by atoms with Crippen molar-refractivity contribution in [3.05, 3.63) is 100 Å². The number of halogens is 1. The number of nitrogens with zero attached hydrogens (tertiary/aromatic N) is 2. The number of hydrogen-bond acceptors (Lipinski definition) is 5. The Kier molecular flexibility index (Phi) is 5.67. The van der Waals surface area contributed by atoms with Crippen molar-refractivity contribution in [3.63, 3.8) is 0 Å². The molecule has 1 fully saturated rings. The van der Waals surface area contributed by atoms with Gasteiger partial charge >= 0.3 is 0 Å². The summed E-state index contributed by atoms with van der Waals surface area (Å²) >= 11 is 0. The van der Waals surface area contributed by atoms with Crippen molar-refractivity contribution >= 4 is 23.1 Å². The molecule has 1 amide bonds. The van der Waals surface area contributed by atoms with Gasteiger partial charge in [-0.3, -0.25) is 14.5 Å². The Bertz CT molecular complexity index is 1340. The second kappa shape index (κ2) is 8.60. The Morgan fingerprint density at radius 3 is 2.42 bits per heavy atom. The van der Waals surface area contributed by atoms with Crippen molar-refractivity contribution in [2.75, 3.05) is 12.0 Å². The molecule has 6 nitrogen and oxygen atoms in total. The standard InChI is InChI=1S/C26H19FN2O4/c1-15-7-12-21(33-2)19(13-15)24(30)22-23(18-5-3-4-6-20(18)27)29(26(32)25(22)31)17-10-8-16(14-28)9-11-17/h3-13,23,30H,1-2H3/b24-22+. The summed E-state index contributed by atoms with van der Waals surface area (Å²) in [6.45, 7) is 1.81. The number of aliphatic hydroxyl groups is 1. The minimum atomic E-state index is -1.22. The zero-order valence-electron chi connectivity index (χ0n) is 17.9. The summed E-state index contributed by atoms with van der Waals surface area (Å²) in [6, 6.07) is 17.6. The van der Waals surface area contributed by atoms with Crippen LogP contribution in [0.2, 0.25) is 0 Å². The summed E-state index contributed by atoms with van der Waals surface area (Å²) in [4.78, 5) is 27.5. The molecule has 3 aromatic rings. The molecule has 1 N–H and O–H groups in total. The van der Waals surface area contributed by atoms with Gasteiger partial charge in [0.15, 0.2) is 0 Å². The van der Waals surface area contributed by atoms with Gasteiger partial charge in [0.1, 0.15) is 17.3 Å². The lowest BCUT2D eigenvalue weighted by molar-refractivity contribution is -0.132. The molecule has 0 aromatic heterocycles. The maximum atomic E-state index is 14.9. The Morgan fingerprint density at radius 2 is 1.79 bits per heavy atom. The quantitative estimate of drug-likeness (QED) is 0.361. The number of benzene rings is 3. The molecule has 7 heteroatoms. The maximum absolute atomic E-state index is 14.9. The molecule has 1 atom stereocenters. The van der Waals surface area contributed by atoms with Gasteiger partial charge in [-0.15, -0.1) is 0 Å². The Morgan fingerprint density at radius 1 is 1.09 bits per heavy atom. The molecule has 33 heavy (non-hydrogen) atoms. The normalized spacial score (nSPS) is 17.2. The van der Waals surface area contributed by atoms with E-state index in [0.29, 0.717) is 17.0 Å². The number of rotatable bonds is 4. The molecule has 4 rings (SSSR count). The summed E-state index contributed by atoms with van der Waals surface area (Å²) in [6.07, 6.45) is 0. The van der Waals surface area contributed by atoms with Gasteiger partial charge in [0.2, 0.25) is 0 Å². The van der Waals surface area contributed by atoms with Crippen LogP contribution >= 0.6 is 0 Å². The van der Waals surface area contributed by atoms with E-state index in [4.69, 9.17) is 10.00 Å². The van der Waals surface area contributed by atoms with Crippen LogP contribution < -0.4 is 9.64 Å². The smallest absolute Gasteiger partial charge is 0.300 e. The van der Waals surface area contributed by atoms with E-state index >= 15 is 0 Å². The minimum Gasteiger partial charge on any atom is -0.507 e. The van der Waals surface area contributed by atoms with E-state index in [2.05, 4.69) is 0 Å². The van der Waals surface area contributed by atoms with Crippen LogP contribution in [0.5, 0.6) is 5.75 Å². The predicted molar refractivity (Wildman–Crippen MR) is 120 cm³/mol. The third-order valence-corrected chi connectivity index (χ3v) is 5.53. The van der Waals surface area contributed by atoms with E-state index < -0.39 is 29.3 Å². The summed E-state index contributed by atoms with van der Waals surface area (Å²) in [5.41, 5.74) is 1.47. The van der Waals surface area contributed by atoms with Crippen LogP contribution in [0.15, 0.2) is 72.3 Å². The molecule has 0 aliphatic carbocycles. The Labute approximate surface area is 189 Å². The van der Waals surface area contributed by atoms with Crippen LogP contribution in [0.4, 0.5) is 10.1 Å². The summed E-state index contributed by atoms with van der Waals surface area (Å²) in [5, 5.41) is 20.3. The lowest BCUT2D eigenvalue weighted by atomic mass is 9.94. The monoisotopic (exact) mass is 442 g/mol. The van der Waals surface area contributed by atoms with E-state index in [1.807, 2.05) is 6.07 Å².